The van der Waals surface area contributed by atoms with Gasteiger partial charge in [-0.3, -0.25) is 9.79 Å². The Morgan fingerprint density at radius 3 is 2.76 bits per heavy atom. The van der Waals surface area contributed by atoms with Crippen LogP contribution in [0.1, 0.15) is 81.6 Å². The number of rotatable bonds is 13. The van der Waals surface area contributed by atoms with Crippen molar-refractivity contribution in [2.45, 2.75) is 90.8 Å². The Balaban J connectivity index is 1.39. The van der Waals surface area contributed by atoms with Crippen molar-refractivity contribution >= 4 is 18.3 Å². The SMILES string of the molecule is C=C/C(=C\C=C/C)C1Cc2cc(-c3cnc(C4CC(F)CN4)[nH]3)ccc2-c2cc(C)cc(/C(=C/N=C)NC3CCCN3C(=O)C(NCC)C(C)C)cccn21. The lowest BCUT2D eigenvalue weighted by Gasteiger charge is -2.32. The smallest absolute Gasteiger partial charge is 0.241 e. The molecule has 9 nitrogen and oxygen atoms in total. The van der Waals surface area contributed by atoms with Crippen LogP contribution in [0.3, 0.4) is 0 Å². The first-order valence-corrected chi connectivity index (χ1v) is 19.7. The van der Waals surface area contributed by atoms with Gasteiger partial charge in [0.15, 0.2) is 0 Å². The summed E-state index contributed by atoms with van der Waals surface area (Å²) in [6, 6.07) is 14.8. The summed E-state index contributed by atoms with van der Waals surface area (Å²) in [5.41, 5.74) is 9.30. The highest BCUT2D eigenvalue weighted by atomic mass is 19.1. The van der Waals surface area contributed by atoms with Gasteiger partial charge in [0.2, 0.25) is 5.91 Å². The van der Waals surface area contributed by atoms with Gasteiger partial charge in [-0.2, -0.15) is 0 Å². The first kappa shape index (κ1) is 39.6. The molecule has 5 atom stereocenters. The predicted molar refractivity (Wildman–Crippen MR) is 224 cm³/mol. The van der Waals surface area contributed by atoms with E-state index < -0.39 is 6.17 Å². The number of aryl methyl sites for hydroxylation is 1. The molecule has 5 unspecified atom stereocenters. The van der Waals surface area contributed by atoms with E-state index in [9.17, 15) is 9.18 Å². The van der Waals surface area contributed by atoms with E-state index in [1.54, 1.807) is 6.20 Å². The van der Waals surface area contributed by atoms with Gasteiger partial charge in [0, 0.05) is 43.2 Å². The number of nitrogens with zero attached hydrogens (tertiary/aromatic N) is 4. The number of likely N-dealkylation sites (N-methyl/N-ethyl adjacent to an activating group) is 1. The Morgan fingerprint density at radius 2 is 2.05 bits per heavy atom. The lowest BCUT2D eigenvalue weighted by Crippen LogP contribution is -2.53. The number of nitrogens with one attached hydrogen (secondary N) is 4. The second-order valence-electron chi connectivity index (χ2n) is 15.1. The molecule has 3 aliphatic heterocycles. The molecule has 0 radical (unpaired) electrons. The second kappa shape index (κ2) is 18.0. The van der Waals surface area contributed by atoms with Crippen molar-refractivity contribution in [3.8, 4) is 22.5 Å². The minimum absolute atomic E-state index is 0.0186. The van der Waals surface area contributed by atoms with Crippen LogP contribution in [-0.4, -0.2) is 70.1 Å². The molecule has 55 heavy (non-hydrogen) atoms. The third-order valence-corrected chi connectivity index (χ3v) is 10.8. The van der Waals surface area contributed by atoms with E-state index in [0.717, 1.165) is 76.5 Å². The number of fused-ring (bicyclic) bond motifs is 3. The van der Waals surface area contributed by atoms with Crippen molar-refractivity contribution in [1.29, 1.82) is 0 Å². The normalized spacial score (nSPS) is 21.7. The topological polar surface area (TPSA) is 102 Å². The molecule has 2 aromatic heterocycles. The van der Waals surface area contributed by atoms with Crippen molar-refractivity contribution in [3.63, 3.8) is 0 Å². The molecule has 0 spiro atoms. The van der Waals surface area contributed by atoms with Gasteiger partial charge >= 0.3 is 0 Å². The maximum Gasteiger partial charge on any atom is 0.241 e. The van der Waals surface area contributed by atoms with Gasteiger partial charge in [-0.15, -0.1) is 0 Å². The summed E-state index contributed by atoms with van der Waals surface area (Å²) in [6.45, 7) is 20.2. The summed E-state index contributed by atoms with van der Waals surface area (Å²) in [5, 5.41) is 10.3. The van der Waals surface area contributed by atoms with E-state index in [1.807, 2.05) is 37.1 Å². The molecule has 0 bridgehead atoms. The monoisotopic (exact) mass is 744 g/mol. The Labute approximate surface area is 326 Å². The van der Waals surface area contributed by atoms with E-state index in [-0.39, 0.29) is 36.1 Å². The fraction of sp³-hybridized carbons (Fsp3) is 0.400. The minimum Gasteiger partial charge on any atom is -0.363 e. The average Bonchev–Trinajstić information content (AvgIpc) is 3.96. The van der Waals surface area contributed by atoms with E-state index in [0.29, 0.717) is 19.5 Å². The fourth-order valence-corrected chi connectivity index (χ4v) is 8.10. The van der Waals surface area contributed by atoms with Crippen LogP contribution in [0.25, 0.3) is 28.2 Å². The Hall–Kier alpha value is -5.06. The maximum atomic E-state index is 13.9. The van der Waals surface area contributed by atoms with Crippen molar-refractivity contribution in [2.75, 3.05) is 19.6 Å². The minimum atomic E-state index is -0.854. The first-order chi connectivity index (χ1) is 26.6. The number of hydrogen-bond acceptors (Lipinski definition) is 6. The molecule has 5 heterocycles. The van der Waals surface area contributed by atoms with Crippen LogP contribution in [-0.2, 0) is 11.2 Å². The third-order valence-electron chi connectivity index (χ3n) is 10.8. The zero-order chi connectivity index (χ0) is 39.1. The van der Waals surface area contributed by atoms with E-state index in [2.05, 4.69) is 130 Å². The Morgan fingerprint density at radius 1 is 1.22 bits per heavy atom. The van der Waals surface area contributed by atoms with Crippen LogP contribution < -0.4 is 16.0 Å². The highest BCUT2D eigenvalue weighted by Gasteiger charge is 2.35. The van der Waals surface area contributed by atoms with Crippen LogP contribution in [0.2, 0.25) is 0 Å². The largest absolute Gasteiger partial charge is 0.363 e. The Kier molecular flexibility index (Phi) is 13.0. The third kappa shape index (κ3) is 8.92. The first-order valence-electron chi connectivity index (χ1n) is 19.7. The van der Waals surface area contributed by atoms with Crippen LogP contribution in [0.15, 0.2) is 103 Å². The van der Waals surface area contributed by atoms with Crippen LogP contribution >= 0.6 is 0 Å². The zero-order valence-corrected chi connectivity index (χ0v) is 33.0. The molecule has 2 fully saturated rings. The van der Waals surface area contributed by atoms with Crippen LogP contribution in [0.4, 0.5) is 4.39 Å². The molecule has 2 saturated heterocycles. The van der Waals surface area contributed by atoms with E-state index in [1.165, 1.54) is 5.56 Å². The quantitative estimate of drug-likeness (QED) is 0.104. The van der Waals surface area contributed by atoms with Crippen LogP contribution in [0, 0.1) is 12.8 Å². The van der Waals surface area contributed by atoms with Gasteiger partial charge in [0.25, 0.3) is 0 Å². The second-order valence-corrected chi connectivity index (χ2v) is 15.1. The number of amides is 1. The van der Waals surface area contributed by atoms with E-state index in [4.69, 9.17) is 0 Å². The summed E-state index contributed by atoms with van der Waals surface area (Å²) in [7, 11) is 0. The van der Waals surface area contributed by atoms with Gasteiger partial charge in [-0.05, 0) is 104 Å². The molecule has 3 aliphatic rings. The van der Waals surface area contributed by atoms with E-state index >= 15 is 0 Å². The molecule has 0 aliphatic carbocycles. The predicted octanol–water partition coefficient (Wildman–Crippen LogP) is 8.31. The molecule has 1 amide bonds. The molecule has 10 heteroatoms. The number of allylic oxidation sites excluding steroid dienone is 5. The lowest BCUT2D eigenvalue weighted by atomic mass is 9.87. The number of alkyl halides is 1. The molecular formula is C45H57FN8O. The zero-order valence-electron chi connectivity index (χ0n) is 33.0. The summed E-state index contributed by atoms with van der Waals surface area (Å²) >= 11 is 0. The molecule has 1 aromatic carbocycles. The highest BCUT2D eigenvalue weighted by Crippen LogP contribution is 2.40. The number of aromatic amines is 1. The number of aromatic nitrogens is 3. The van der Waals surface area contributed by atoms with Gasteiger partial charge in [-0.25, -0.2) is 9.37 Å². The average molecular weight is 745 g/mol. The lowest BCUT2D eigenvalue weighted by molar-refractivity contribution is -0.135. The standard InChI is InChI=1S/C45H57FN8O/c1-8-11-14-31(9-2)40-24-34-23-33(39-28-50-44(52-39)37-25-35(46)26-49-37)17-18-36(34)41-22-30(6)21-32(15-12-19-53(40)41)38(27-47-7)51-42-16-13-20-54(42)45(55)43(29(4)5)48-10-3/h8-9,11-12,14-15,17-19,21-23,27-29,35,37,40,42-43,48-49,51H,2,7,10,13,16,20,24-26H2,1,3-6H3,(H,50,52)/b11-8-,19-12?,30-21?,31-14+,32-15?,38-27-,41-22?. The number of hydrogen-bond donors (Lipinski definition) is 4. The summed E-state index contributed by atoms with van der Waals surface area (Å²) in [6.07, 6.45) is 15.9. The van der Waals surface area contributed by atoms with Crippen LogP contribution in [0.5, 0.6) is 0 Å². The van der Waals surface area contributed by atoms with Crippen molar-refractivity contribution in [3.05, 3.63) is 120 Å². The number of imidazole rings is 1. The number of aliphatic imine (C=N–C) groups is 1. The molecule has 6 rings (SSSR count). The summed E-state index contributed by atoms with van der Waals surface area (Å²) in [4.78, 5) is 28.0. The number of likely N-dealkylation sites (tertiary alicyclic amines) is 1. The molecule has 4 N–H and O–H groups in total. The number of carbonyl (C=O) groups excluding carboxylic acids is 1. The van der Waals surface area contributed by atoms with Gasteiger partial charge < -0.3 is 30.4 Å². The maximum absolute atomic E-state index is 13.9. The number of benzene rings is 1. The molecule has 3 aromatic rings. The summed E-state index contributed by atoms with van der Waals surface area (Å²) < 4.78 is 16.3. The highest BCUT2D eigenvalue weighted by molar-refractivity contribution is 5.83. The molecule has 290 valence electrons. The molecule has 0 saturated carbocycles. The Bertz CT molecular complexity index is 2020. The number of halogens is 1. The number of carbonyl (C=O) groups is 1. The van der Waals surface area contributed by atoms with Gasteiger partial charge in [0.1, 0.15) is 18.2 Å². The van der Waals surface area contributed by atoms with Gasteiger partial charge in [-0.1, -0.05) is 69.9 Å². The van der Waals surface area contributed by atoms with Crippen molar-refractivity contribution in [1.82, 2.24) is 35.4 Å². The summed E-state index contributed by atoms with van der Waals surface area (Å²) in [5.74, 6) is 1.07. The van der Waals surface area contributed by atoms with Crippen molar-refractivity contribution < 1.29 is 9.18 Å². The fourth-order valence-electron chi connectivity index (χ4n) is 8.10. The van der Waals surface area contributed by atoms with Gasteiger partial charge in [0.05, 0.1) is 35.7 Å². The molecular weight excluding hydrogens is 688 g/mol. The number of H-pyrrole nitrogens is 1. The van der Waals surface area contributed by atoms with Crippen molar-refractivity contribution in [2.24, 2.45) is 10.9 Å².